The summed E-state index contributed by atoms with van der Waals surface area (Å²) in [5.41, 5.74) is 2.76. The highest BCUT2D eigenvalue weighted by atomic mass is 15.2. The van der Waals surface area contributed by atoms with E-state index in [1.807, 2.05) is 0 Å². The molecule has 1 aliphatic rings. The molecule has 1 saturated heterocycles. The van der Waals surface area contributed by atoms with E-state index in [0.717, 1.165) is 26.2 Å². The fourth-order valence-electron chi connectivity index (χ4n) is 2.88. The van der Waals surface area contributed by atoms with Crippen LogP contribution < -0.4 is 5.32 Å². The number of hydrogen-bond donors (Lipinski definition) is 1. The quantitative estimate of drug-likeness (QED) is 0.871. The molecular formula is C16H27N3. The van der Waals surface area contributed by atoms with Crippen molar-refractivity contribution in [2.24, 2.45) is 0 Å². The van der Waals surface area contributed by atoms with Crippen LogP contribution in [0.1, 0.15) is 18.1 Å². The first-order valence-electron chi connectivity index (χ1n) is 7.34. The van der Waals surface area contributed by atoms with Gasteiger partial charge < -0.3 is 10.2 Å². The van der Waals surface area contributed by atoms with Gasteiger partial charge in [-0.05, 0) is 26.5 Å². The molecule has 0 spiro atoms. The van der Waals surface area contributed by atoms with Crippen molar-refractivity contribution in [3.63, 3.8) is 0 Å². The minimum Gasteiger partial charge on any atom is -0.314 e. The van der Waals surface area contributed by atoms with E-state index in [2.05, 4.69) is 60.3 Å². The molecule has 1 fully saturated rings. The molecule has 1 unspecified atom stereocenters. The summed E-state index contributed by atoms with van der Waals surface area (Å²) in [6.45, 7) is 11.3. The fraction of sp³-hybridized carbons (Fsp3) is 0.625. The third-order valence-corrected chi connectivity index (χ3v) is 3.89. The van der Waals surface area contributed by atoms with Gasteiger partial charge in [0.15, 0.2) is 0 Å². The molecule has 3 heteroatoms. The summed E-state index contributed by atoms with van der Waals surface area (Å²) in [7, 11) is 2.22. The van der Waals surface area contributed by atoms with Crippen molar-refractivity contribution >= 4 is 0 Å². The minimum absolute atomic E-state index is 0.636. The van der Waals surface area contributed by atoms with Gasteiger partial charge in [-0.15, -0.1) is 0 Å². The Morgan fingerprint density at radius 1 is 1.32 bits per heavy atom. The van der Waals surface area contributed by atoms with E-state index in [1.54, 1.807) is 0 Å². The zero-order chi connectivity index (χ0) is 13.7. The summed E-state index contributed by atoms with van der Waals surface area (Å²) >= 11 is 0. The predicted octanol–water partition coefficient (Wildman–Crippen LogP) is 1.72. The maximum absolute atomic E-state index is 3.41. The van der Waals surface area contributed by atoms with E-state index in [4.69, 9.17) is 0 Å². The number of piperazine rings is 1. The number of nitrogens with zero attached hydrogens (tertiary/aromatic N) is 2. The Morgan fingerprint density at radius 2 is 2.05 bits per heavy atom. The Balaban J connectivity index is 1.81. The highest BCUT2D eigenvalue weighted by Gasteiger charge is 2.17. The number of nitrogens with one attached hydrogen (secondary N) is 1. The Kier molecular flexibility index (Phi) is 5.37. The largest absolute Gasteiger partial charge is 0.314 e. The van der Waals surface area contributed by atoms with Crippen LogP contribution in [0.3, 0.4) is 0 Å². The van der Waals surface area contributed by atoms with Crippen molar-refractivity contribution in [3.05, 3.63) is 35.4 Å². The molecule has 0 amide bonds. The molecule has 1 aromatic carbocycles. The van der Waals surface area contributed by atoms with Crippen LogP contribution in [0, 0.1) is 6.92 Å². The van der Waals surface area contributed by atoms with Crippen LogP contribution in [0.15, 0.2) is 24.3 Å². The molecule has 1 aromatic rings. The summed E-state index contributed by atoms with van der Waals surface area (Å²) in [6, 6.07) is 9.45. The Bertz CT molecular complexity index is 385. The fourth-order valence-corrected chi connectivity index (χ4v) is 2.88. The van der Waals surface area contributed by atoms with Crippen molar-refractivity contribution in [2.75, 3.05) is 39.8 Å². The van der Waals surface area contributed by atoms with Crippen molar-refractivity contribution in [1.82, 2.24) is 15.1 Å². The Labute approximate surface area is 117 Å². The average Bonchev–Trinajstić information content (AvgIpc) is 2.39. The van der Waals surface area contributed by atoms with E-state index in [-0.39, 0.29) is 0 Å². The van der Waals surface area contributed by atoms with Gasteiger partial charge in [-0.1, -0.05) is 29.8 Å². The van der Waals surface area contributed by atoms with Gasteiger partial charge in [-0.2, -0.15) is 0 Å². The Hall–Kier alpha value is -0.900. The van der Waals surface area contributed by atoms with Gasteiger partial charge in [0.2, 0.25) is 0 Å². The summed E-state index contributed by atoms with van der Waals surface area (Å²) in [6.07, 6.45) is 0. The summed E-state index contributed by atoms with van der Waals surface area (Å²) in [5.74, 6) is 0. The molecule has 1 N–H and O–H groups in total. The van der Waals surface area contributed by atoms with E-state index < -0.39 is 0 Å². The first-order chi connectivity index (χ1) is 9.15. The van der Waals surface area contributed by atoms with Gasteiger partial charge in [-0.3, -0.25) is 4.90 Å². The van der Waals surface area contributed by atoms with Gasteiger partial charge in [0.25, 0.3) is 0 Å². The zero-order valence-electron chi connectivity index (χ0n) is 12.5. The summed E-state index contributed by atoms with van der Waals surface area (Å²) < 4.78 is 0. The van der Waals surface area contributed by atoms with Gasteiger partial charge >= 0.3 is 0 Å². The van der Waals surface area contributed by atoms with Crippen LogP contribution in [0.4, 0.5) is 0 Å². The van der Waals surface area contributed by atoms with Crippen LogP contribution >= 0.6 is 0 Å². The summed E-state index contributed by atoms with van der Waals surface area (Å²) in [5, 5.41) is 3.41. The number of hydrogen-bond acceptors (Lipinski definition) is 3. The van der Waals surface area contributed by atoms with E-state index >= 15 is 0 Å². The molecule has 0 bridgehead atoms. The molecule has 0 radical (unpaired) electrons. The molecule has 0 aromatic heterocycles. The maximum Gasteiger partial charge on any atom is 0.0231 e. The lowest BCUT2D eigenvalue weighted by Gasteiger charge is -2.35. The molecule has 3 nitrogen and oxygen atoms in total. The molecule has 19 heavy (non-hydrogen) atoms. The second-order valence-electron chi connectivity index (χ2n) is 5.82. The first kappa shape index (κ1) is 14.5. The van der Waals surface area contributed by atoms with Gasteiger partial charge in [0.05, 0.1) is 0 Å². The first-order valence-corrected chi connectivity index (χ1v) is 7.34. The third-order valence-electron chi connectivity index (χ3n) is 3.89. The lowest BCUT2D eigenvalue weighted by molar-refractivity contribution is 0.144. The molecule has 106 valence electrons. The average molecular weight is 261 g/mol. The lowest BCUT2D eigenvalue weighted by Crippen LogP contribution is -2.50. The van der Waals surface area contributed by atoms with Gasteiger partial charge in [0.1, 0.15) is 0 Å². The van der Waals surface area contributed by atoms with Crippen LogP contribution in [0.25, 0.3) is 0 Å². The van der Waals surface area contributed by atoms with Crippen molar-refractivity contribution in [1.29, 1.82) is 0 Å². The number of rotatable bonds is 5. The molecule has 0 aliphatic carbocycles. The standard InChI is InChI=1S/C16H27N3/c1-14-5-4-6-16(11-14)13-18(3)12-15(2)19-9-7-17-8-10-19/h4-6,11,15,17H,7-10,12-13H2,1-3H3. The Morgan fingerprint density at radius 3 is 2.74 bits per heavy atom. The number of aryl methyl sites for hydroxylation is 1. The lowest BCUT2D eigenvalue weighted by atomic mass is 10.1. The minimum atomic E-state index is 0.636. The molecule has 1 aliphatic heterocycles. The smallest absolute Gasteiger partial charge is 0.0231 e. The molecular weight excluding hydrogens is 234 g/mol. The van der Waals surface area contributed by atoms with Gasteiger partial charge in [0, 0.05) is 45.3 Å². The molecule has 1 atom stereocenters. The van der Waals surface area contributed by atoms with Crippen LogP contribution in [0.2, 0.25) is 0 Å². The molecule has 0 saturated carbocycles. The maximum atomic E-state index is 3.41. The number of benzene rings is 1. The van der Waals surface area contributed by atoms with E-state index in [0.29, 0.717) is 6.04 Å². The third kappa shape index (κ3) is 4.60. The zero-order valence-corrected chi connectivity index (χ0v) is 12.5. The summed E-state index contributed by atoms with van der Waals surface area (Å²) in [4.78, 5) is 5.02. The second-order valence-corrected chi connectivity index (χ2v) is 5.82. The van der Waals surface area contributed by atoms with E-state index in [9.17, 15) is 0 Å². The second kappa shape index (κ2) is 7.04. The van der Waals surface area contributed by atoms with Crippen molar-refractivity contribution < 1.29 is 0 Å². The molecule has 1 heterocycles. The molecule has 2 rings (SSSR count). The highest BCUT2D eigenvalue weighted by Crippen LogP contribution is 2.09. The highest BCUT2D eigenvalue weighted by molar-refractivity contribution is 5.21. The van der Waals surface area contributed by atoms with Crippen LogP contribution in [0.5, 0.6) is 0 Å². The predicted molar refractivity (Wildman–Crippen MR) is 81.4 cm³/mol. The van der Waals surface area contributed by atoms with E-state index in [1.165, 1.54) is 24.2 Å². The monoisotopic (exact) mass is 261 g/mol. The van der Waals surface area contributed by atoms with Crippen molar-refractivity contribution in [2.45, 2.75) is 26.4 Å². The van der Waals surface area contributed by atoms with Gasteiger partial charge in [-0.25, -0.2) is 0 Å². The number of likely N-dealkylation sites (N-methyl/N-ethyl adjacent to an activating group) is 1. The van der Waals surface area contributed by atoms with Crippen LogP contribution in [-0.4, -0.2) is 55.6 Å². The van der Waals surface area contributed by atoms with Crippen molar-refractivity contribution in [3.8, 4) is 0 Å². The normalized spacial score (nSPS) is 18.7. The topological polar surface area (TPSA) is 18.5 Å². The SMILES string of the molecule is Cc1cccc(CN(C)CC(C)N2CCNCC2)c1. The van der Waals surface area contributed by atoms with Crippen LogP contribution in [-0.2, 0) is 6.54 Å².